The molecule has 68 valence electrons. The highest BCUT2D eigenvalue weighted by molar-refractivity contribution is 8.14. The van der Waals surface area contributed by atoms with E-state index in [-0.39, 0.29) is 5.75 Å². The van der Waals surface area contributed by atoms with Gasteiger partial charge < -0.3 is 10.8 Å². The molecule has 0 amide bonds. The Hall–Kier alpha value is -1.16. The molecule has 0 fully saturated rings. The lowest BCUT2D eigenvalue weighted by Crippen LogP contribution is -1.94. The predicted molar refractivity (Wildman–Crippen MR) is 56.4 cm³/mol. The van der Waals surface area contributed by atoms with Crippen LogP contribution < -0.4 is 5.73 Å². The second kappa shape index (κ2) is 3.30. The SMILES string of the molecule is Nc1cc(C2=NCCS2)ccc1O. The lowest BCUT2D eigenvalue weighted by Gasteiger charge is -2.02. The molecule has 0 saturated carbocycles. The maximum absolute atomic E-state index is 9.21. The normalized spacial score (nSPS) is 15.8. The lowest BCUT2D eigenvalue weighted by molar-refractivity contribution is 0.478. The number of rotatable bonds is 1. The molecule has 0 atom stereocenters. The molecule has 13 heavy (non-hydrogen) atoms. The third kappa shape index (κ3) is 1.62. The molecule has 0 unspecified atom stereocenters. The molecule has 3 nitrogen and oxygen atoms in total. The van der Waals surface area contributed by atoms with Crippen LogP contribution in [0.2, 0.25) is 0 Å². The fourth-order valence-electron chi connectivity index (χ4n) is 1.20. The van der Waals surface area contributed by atoms with Crippen molar-refractivity contribution in [2.24, 2.45) is 4.99 Å². The fourth-order valence-corrected chi connectivity index (χ4v) is 2.05. The monoisotopic (exact) mass is 194 g/mol. The summed E-state index contributed by atoms with van der Waals surface area (Å²) >= 11 is 1.72. The largest absolute Gasteiger partial charge is 0.506 e. The van der Waals surface area contributed by atoms with Crippen LogP contribution >= 0.6 is 11.8 Å². The van der Waals surface area contributed by atoms with Crippen LogP contribution in [0.15, 0.2) is 23.2 Å². The number of nitrogen functional groups attached to an aromatic ring is 1. The highest BCUT2D eigenvalue weighted by atomic mass is 32.2. The second-order valence-electron chi connectivity index (χ2n) is 2.81. The first-order valence-corrected chi connectivity index (χ1v) is 5.02. The summed E-state index contributed by atoms with van der Waals surface area (Å²) in [5, 5.41) is 10.2. The Balaban J connectivity index is 2.36. The zero-order chi connectivity index (χ0) is 9.26. The summed E-state index contributed by atoms with van der Waals surface area (Å²) in [6, 6.07) is 5.20. The Morgan fingerprint density at radius 2 is 2.31 bits per heavy atom. The van der Waals surface area contributed by atoms with Crippen LogP contribution in [-0.2, 0) is 0 Å². The number of anilines is 1. The van der Waals surface area contributed by atoms with Crippen LogP contribution in [-0.4, -0.2) is 22.4 Å². The standard InChI is InChI=1S/C9H10N2OS/c10-7-5-6(1-2-8(7)12)9-11-3-4-13-9/h1-2,5,12H,3-4,10H2. The minimum Gasteiger partial charge on any atom is -0.506 e. The summed E-state index contributed by atoms with van der Waals surface area (Å²) in [7, 11) is 0. The van der Waals surface area contributed by atoms with Gasteiger partial charge in [-0.25, -0.2) is 0 Å². The van der Waals surface area contributed by atoms with Crippen molar-refractivity contribution in [1.29, 1.82) is 0 Å². The predicted octanol–water partition coefficient (Wildman–Crippen LogP) is 1.47. The Bertz CT molecular complexity index is 363. The first-order valence-electron chi connectivity index (χ1n) is 4.03. The number of phenols is 1. The van der Waals surface area contributed by atoms with E-state index in [1.165, 1.54) is 0 Å². The number of phenolic OH excluding ortho intramolecular Hbond substituents is 1. The molecule has 0 bridgehead atoms. The molecular formula is C9H10N2OS. The van der Waals surface area contributed by atoms with E-state index >= 15 is 0 Å². The van der Waals surface area contributed by atoms with Crippen molar-refractivity contribution >= 4 is 22.5 Å². The van der Waals surface area contributed by atoms with Crippen molar-refractivity contribution in [3.63, 3.8) is 0 Å². The second-order valence-corrected chi connectivity index (χ2v) is 3.89. The van der Waals surface area contributed by atoms with Gasteiger partial charge in [0, 0.05) is 17.9 Å². The van der Waals surface area contributed by atoms with Crippen molar-refractivity contribution in [1.82, 2.24) is 0 Å². The number of hydrogen-bond donors (Lipinski definition) is 2. The third-order valence-corrected chi connectivity index (χ3v) is 2.88. The Kier molecular flexibility index (Phi) is 2.14. The number of nitrogens with zero attached hydrogens (tertiary/aromatic N) is 1. The van der Waals surface area contributed by atoms with Gasteiger partial charge in [-0.15, -0.1) is 11.8 Å². The highest BCUT2D eigenvalue weighted by Gasteiger charge is 2.10. The van der Waals surface area contributed by atoms with Crippen molar-refractivity contribution in [2.45, 2.75) is 0 Å². The van der Waals surface area contributed by atoms with Crippen molar-refractivity contribution in [2.75, 3.05) is 18.0 Å². The number of aromatic hydroxyl groups is 1. The van der Waals surface area contributed by atoms with Gasteiger partial charge >= 0.3 is 0 Å². The lowest BCUT2D eigenvalue weighted by atomic mass is 10.2. The maximum Gasteiger partial charge on any atom is 0.138 e. The summed E-state index contributed by atoms with van der Waals surface area (Å²) < 4.78 is 0. The fraction of sp³-hybridized carbons (Fsp3) is 0.222. The molecule has 0 aliphatic carbocycles. The van der Waals surface area contributed by atoms with Crippen LogP contribution in [0.25, 0.3) is 0 Å². The topological polar surface area (TPSA) is 58.6 Å². The average molecular weight is 194 g/mol. The van der Waals surface area contributed by atoms with E-state index in [9.17, 15) is 5.11 Å². The smallest absolute Gasteiger partial charge is 0.138 e. The number of hydrogen-bond acceptors (Lipinski definition) is 4. The molecule has 1 aromatic rings. The van der Waals surface area contributed by atoms with Gasteiger partial charge in [-0.3, -0.25) is 4.99 Å². The van der Waals surface area contributed by atoms with E-state index in [1.54, 1.807) is 23.9 Å². The number of benzene rings is 1. The summed E-state index contributed by atoms with van der Waals surface area (Å²) in [4.78, 5) is 4.32. The van der Waals surface area contributed by atoms with Crippen molar-refractivity contribution < 1.29 is 5.11 Å². The molecule has 1 aliphatic heterocycles. The number of nitrogens with two attached hydrogens (primary N) is 1. The number of aliphatic imine (C=N–C) groups is 1. The molecule has 1 aromatic carbocycles. The molecule has 0 radical (unpaired) electrons. The van der Waals surface area contributed by atoms with E-state index in [2.05, 4.69) is 4.99 Å². The van der Waals surface area contributed by atoms with Crippen LogP contribution in [0.4, 0.5) is 5.69 Å². The molecule has 0 saturated heterocycles. The summed E-state index contributed by atoms with van der Waals surface area (Å²) in [5.41, 5.74) is 6.98. The molecule has 4 heteroatoms. The minimum atomic E-state index is 0.132. The molecular weight excluding hydrogens is 184 g/mol. The Morgan fingerprint density at radius 3 is 2.92 bits per heavy atom. The Labute approximate surface area is 80.7 Å². The van der Waals surface area contributed by atoms with E-state index in [0.717, 1.165) is 22.9 Å². The molecule has 0 aromatic heterocycles. The van der Waals surface area contributed by atoms with Crippen molar-refractivity contribution in [3.8, 4) is 5.75 Å². The molecule has 3 N–H and O–H groups in total. The van der Waals surface area contributed by atoms with E-state index in [1.807, 2.05) is 6.07 Å². The maximum atomic E-state index is 9.21. The number of thioether (sulfide) groups is 1. The summed E-state index contributed by atoms with van der Waals surface area (Å²) in [6.45, 7) is 0.876. The zero-order valence-corrected chi connectivity index (χ0v) is 7.84. The van der Waals surface area contributed by atoms with E-state index in [4.69, 9.17) is 5.73 Å². The molecule has 0 spiro atoms. The first-order chi connectivity index (χ1) is 6.27. The van der Waals surface area contributed by atoms with Gasteiger partial charge in [0.1, 0.15) is 5.75 Å². The first kappa shape index (κ1) is 8.44. The van der Waals surface area contributed by atoms with Gasteiger partial charge in [0.15, 0.2) is 0 Å². The van der Waals surface area contributed by atoms with Gasteiger partial charge in [-0.05, 0) is 18.2 Å². The summed E-state index contributed by atoms with van der Waals surface area (Å²) in [5.74, 6) is 1.17. The third-order valence-electron chi connectivity index (χ3n) is 1.86. The van der Waals surface area contributed by atoms with Crippen LogP contribution in [0, 0.1) is 0 Å². The molecule has 1 aliphatic rings. The molecule has 2 rings (SSSR count). The van der Waals surface area contributed by atoms with Gasteiger partial charge in [0.25, 0.3) is 0 Å². The van der Waals surface area contributed by atoms with Gasteiger partial charge in [0.2, 0.25) is 0 Å². The summed E-state index contributed by atoms with van der Waals surface area (Å²) in [6.07, 6.45) is 0. The average Bonchev–Trinajstić information content (AvgIpc) is 2.62. The van der Waals surface area contributed by atoms with E-state index in [0.29, 0.717) is 5.69 Å². The highest BCUT2D eigenvalue weighted by Crippen LogP contribution is 2.25. The van der Waals surface area contributed by atoms with Crippen molar-refractivity contribution in [3.05, 3.63) is 23.8 Å². The van der Waals surface area contributed by atoms with Crippen LogP contribution in [0.3, 0.4) is 0 Å². The molecule has 1 heterocycles. The quantitative estimate of drug-likeness (QED) is 0.525. The minimum absolute atomic E-state index is 0.132. The zero-order valence-electron chi connectivity index (χ0n) is 7.03. The van der Waals surface area contributed by atoms with Gasteiger partial charge in [-0.1, -0.05) is 0 Å². The van der Waals surface area contributed by atoms with Crippen LogP contribution in [0.5, 0.6) is 5.75 Å². The van der Waals surface area contributed by atoms with Gasteiger partial charge in [0.05, 0.1) is 10.7 Å². The van der Waals surface area contributed by atoms with E-state index < -0.39 is 0 Å². The Morgan fingerprint density at radius 1 is 1.46 bits per heavy atom. The van der Waals surface area contributed by atoms with Gasteiger partial charge in [-0.2, -0.15) is 0 Å². The van der Waals surface area contributed by atoms with Crippen LogP contribution in [0.1, 0.15) is 5.56 Å².